The summed E-state index contributed by atoms with van der Waals surface area (Å²) in [5.41, 5.74) is 0. The van der Waals surface area contributed by atoms with Gasteiger partial charge < -0.3 is 0 Å². The van der Waals surface area contributed by atoms with Crippen molar-refractivity contribution in [1.29, 1.82) is 0 Å². The Morgan fingerprint density at radius 3 is 0.944 bits per heavy atom. The van der Waals surface area contributed by atoms with E-state index in [9.17, 15) is 0 Å². The Balaban J connectivity index is 0.000000277. The standard InChI is InChI=1S/C10H14S4.2C2H6/c1-2-6-10-8(14-12-6)4-3-7-9(10)5(1)11-13-7;2*1-2/h5-10H,1-4H2;2*1-2H3. The second-order valence-electron chi connectivity index (χ2n) is 4.85. The minimum atomic E-state index is 1.04. The quantitative estimate of drug-likeness (QED) is 0.492. The van der Waals surface area contributed by atoms with Crippen molar-refractivity contribution in [3.63, 3.8) is 0 Å². The molecule has 0 amide bonds. The molecule has 0 nitrogen and oxygen atoms in total. The Hall–Kier alpha value is 1.40. The van der Waals surface area contributed by atoms with Gasteiger partial charge in [-0.15, -0.1) is 0 Å². The van der Waals surface area contributed by atoms with Crippen molar-refractivity contribution in [3.05, 3.63) is 0 Å². The molecule has 0 N–H and O–H groups in total. The molecule has 4 rings (SSSR count). The molecule has 18 heavy (non-hydrogen) atoms. The molecule has 4 aliphatic rings. The predicted octanol–water partition coefficient (Wildman–Crippen LogP) is 6.12. The van der Waals surface area contributed by atoms with Gasteiger partial charge in [-0.1, -0.05) is 70.9 Å². The molecular formula is C14H26S4. The summed E-state index contributed by atoms with van der Waals surface area (Å²) >= 11 is 0. The third-order valence-corrected chi connectivity index (χ3v) is 11.3. The maximum atomic E-state index is 2.23. The summed E-state index contributed by atoms with van der Waals surface area (Å²) in [4.78, 5) is 0. The normalized spacial score (nSPS) is 47.3. The average Bonchev–Trinajstić information content (AvgIpc) is 3.04. The lowest BCUT2D eigenvalue weighted by atomic mass is 9.69. The van der Waals surface area contributed by atoms with Gasteiger partial charge in [0.25, 0.3) is 0 Å². The van der Waals surface area contributed by atoms with Crippen LogP contribution in [0, 0.1) is 11.8 Å². The maximum absolute atomic E-state index is 2.23. The van der Waals surface area contributed by atoms with Crippen LogP contribution >= 0.6 is 43.2 Å². The van der Waals surface area contributed by atoms with Gasteiger partial charge in [0.15, 0.2) is 0 Å². The highest BCUT2D eigenvalue weighted by atomic mass is 33.1. The summed E-state index contributed by atoms with van der Waals surface area (Å²) in [6.45, 7) is 8.00. The number of rotatable bonds is 0. The van der Waals surface area contributed by atoms with Crippen LogP contribution in [0.5, 0.6) is 0 Å². The minimum Gasteiger partial charge on any atom is -0.0901 e. The summed E-state index contributed by atoms with van der Waals surface area (Å²) in [7, 11) is 8.93. The molecule has 0 bridgehead atoms. The Kier molecular flexibility index (Phi) is 6.51. The van der Waals surface area contributed by atoms with E-state index in [4.69, 9.17) is 0 Å². The lowest BCUT2D eigenvalue weighted by molar-refractivity contribution is 0.209. The smallest absolute Gasteiger partial charge is 0.0194 e. The van der Waals surface area contributed by atoms with Crippen molar-refractivity contribution in [2.45, 2.75) is 74.4 Å². The van der Waals surface area contributed by atoms with Crippen molar-refractivity contribution in [1.82, 2.24) is 0 Å². The molecule has 4 atom stereocenters. The van der Waals surface area contributed by atoms with Crippen molar-refractivity contribution in [3.8, 4) is 0 Å². The van der Waals surface area contributed by atoms with Gasteiger partial charge >= 0.3 is 0 Å². The molecular weight excluding hydrogens is 296 g/mol. The van der Waals surface area contributed by atoms with Crippen molar-refractivity contribution < 1.29 is 0 Å². The molecule has 0 spiro atoms. The number of hydrogen-bond donors (Lipinski definition) is 0. The second kappa shape index (κ2) is 7.42. The van der Waals surface area contributed by atoms with Crippen molar-refractivity contribution >= 4 is 43.2 Å². The van der Waals surface area contributed by atoms with Crippen molar-refractivity contribution in [2.24, 2.45) is 11.8 Å². The first-order chi connectivity index (χ1) is 8.93. The molecule has 2 heterocycles. The SMILES string of the molecule is C1CC2SSC3CCC4SSC1C4C23.CC.CC. The Morgan fingerprint density at radius 2 is 0.722 bits per heavy atom. The Labute approximate surface area is 129 Å². The first-order valence-electron chi connectivity index (χ1n) is 7.58. The summed E-state index contributed by atoms with van der Waals surface area (Å²) in [6.07, 6.45) is 6.06. The first kappa shape index (κ1) is 15.8. The van der Waals surface area contributed by atoms with E-state index in [2.05, 4.69) is 43.2 Å². The van der Waals surface area contributed by atoms with E-state index in [0.29, 0.717) is 0 Å². The van der Waals surface area contributed by atoms with Crippen LogP contribution in [0.25, 0.3) is 0 Å². The van der Waals surface area contributed by atoms with Crippen molar-refractivity contribution in [2.75, 3.05) is 0 Å². The van der Waals surface area contributed by atoms with E-state index in [-0.39, 0.29) is 0 Å². The van der Waals surface area contributed by atoms with E-state index in [1.807, 2.05) is 27.7 Å². The van der Waals surface area contributed by atoms with Gasteiger partial charge in [-0.05, 0) is 37.5 Å². The molecule has 4 heteroatoms. The van der Waals surface area contributed by atoms with Crippen LogP contribution in [0.15, 0.2) is 0 Å². The summed E-state index contributed by atoms with van der Waals surface area (Å²) in [6, 6.07) is 0. The van der Waals surface area contributed by atoms with Gasteiger partial charge in [-0.2, -0.15) is 0 Å². The van der Waals surface area contributed by atoms with Crippen LogP contribution in [-0.2, 0) is 0 Å². The predicted molar refractivity (Wildman–Crippen MR) is 93.7 cm³/mol. The summed E-state index contributed by atoms with van der Waals surface area (Å²) in [5.74, 6) is 2.20. The van der Waals surface area contributed by atoms with E-state index in [0.717, 1.165) is 32.8 Å². The van der Waals surface area contributed by atoms with Crippen LogP contribution < -0.4 is 0 Å². The number of hydrogen-bond acceptors (Lipinski definition) is 4. The summed E-state index contributed by atoms with van der Waals surface area (Å²) in [5, 5.41) is 4.14. The second-order valence-corrected chi connectivity index (χ2v) is 10.3. The van der Waals surface area contributed by atoms with E-state index >= 15 is 0 Å². The molecule has 0 aromatic rings. The van der Waals surface area contributed by atoms with Gasteiger partial charge in [-0.3, -0.25) is 0 Å². The van der Waals surface area contributed by atoms with Gasteiger partial charge in [0.1, 0.15) is 0 Å². The lowest BCUT2D eigenvalue weighted by Crippen LogP contribution is -2.45. The van der Waals surface area contributed by atoms with Gasteiger partial charge in [0.05, 0.1) is 0 Å². The fraction of sp³-hybridized carbons (Fsp3) is 1.00. The highest BCUT2D eigenvalue weighted by Gasteiger charge is 2.56. The third kappa shape index (κ3) is 2.73. The van der Waals surface area contributed by atoms with Gasteiger partial charge in [0.2, 0.25) is 0 Å². The van der Waals surface area contributed by atoms with Crippen LogP contribution in [0.3, 0.4) is 0 Å². The van der Waals surface area contributed by atoms with E-state index in [1.165, 1.54) is 25.7 Å². The summed E-state index contributed by atoms with van der Waals surface area (Å²) < 4.78 is 0. The Morgan fingerprint density at radius 1 is 0.500 bits per heavy atom. The molecule has 0 radical (unpaired) electrons. The monoisotopic (exact) mass is 322 g/mol. The van der Waals surface area contributed by atoms with E-state index < -0.39 is 0 Å². The fourth-order valence-electron chi connectivity index (χ4n) is 3.63. The molecule has 2 aliphatic heterocycles. The van der Waals surface area contributed by atoms with Gasteiger partial charge in [0, 0.05) is 21.0 Å². The largest absolute Gasteiger partial charge is 0.0901 e. The zero-order valence-corrected chi connectivity index (χ0v) is 15.2. The molecule has 2 saturated heterocycles. The molecule has 2 saturated carbocycles. The average molecular weight is 323 g/mol. The zero-order valence-electron chi connectivity index (χ0n) is 11.9. The van der Waals surface area contributed by atoms with Gasteiger partial charge in [-0.25, -0.2) is 0 Å². The fourth-order valence-corrected chi connectivity index (χ4v) is 11.7. The minimum absolute atomic E-state index is 1.04. The zero-order chi connectivity index (χ0) is 13.1. The topological polar surface area (TPSA) is 0 Å². The highest BCUT2D eigenvalue weighted by molar-refractivity contribution is 8.78. The molecule has 0 aromatic heterocycles. The van der Waals surface area contributed by atoms with Crippen LogP contribution in [0.1, 0.15) is 53.4 Å². The van der Waals surface area contributed by atoms with E-state index in [1.54, 1.807) is 0 Å². The van der Waals surface area contributed by atoms with Crippen LogP contribution in [-0.4, -0.2) is 21.0 Å². The Bertz CT molecular complexity index is 208. The lowest BCUT2D eigenvalue weighted by Gasteiger charge is -2.42. The molecule has 0 aromatic carbocycles. The molecule has 2 aliphatic carbocycles. The third-order valence-electron chi connectivity index (χ3n) is 4.24. The molecule has 4 fully saturated rings. The first-order valence-corrected chi connectivity index (χ1v) is 12.1. The maximum Gasteiger partial charge on any atom is 0.0194 e. The van der Waals surface area contributed by atoms with Crippen LogP contribution in [0.4, 0.5) is 0 Å². The van der Waals surface area contributed by atoms with Crippen LogP contribution in [0.2, 0.25) is 0 Å². The highest BCUT2D eigenvalue weighted by Crippen LogP contribution is 2.67. The molecule has 106 valence electrons. The molecule has 4 unspecified atom stereocenters.